The van der Waals surface area contributed by atoms with Gasteiger partial charge >= 0.3 is 0 Å². The first-order chi connectivity index (χ1) is 28.8. The van der Waals surface area contributed by atoms with E-state index in [0.29, 0.717) is 5.82 Å². The monoisotopic (exact) mass is 739 g/mol. The molecule has 0 amide bonds. The average Bonchev–Trinajstić information content (AvgIpc) is 3.42. The number of fused-ring (bicyclic) bond motifs is 5. The molecule has 58 heavy (non-hydrogen) atoms. The molecule has 2 heterocycles. The van der Waals surface area contributed by atoms with Crippen molar-refractivity contribution in [1.29, 1.82) is 0 Å². The Morgan fingerprint density at radius 2 is 0.914 bits per heavy atom. The van der Waals surface area contributed by atoms with Crippen molar-refractivity contribution in [2.75, 3.05) is 0 Å². The van der Waals surface area contributed by atoms with Gasteiger partial charge in [-0.15, -0.1) is 0 Å². The Hall–Kier alpha value is -7.62. The normalized spacial score (nSPS) is 12.3. The van der Waals surface area contributed by atoms with Gasteiger partial charge in [-0.3, -0.25) is 0 Å². The number of nitrogens with zero attached hydrogens (tertiary/aromatic N) is 3. The Morgan fingerprint density at radius 3 is 1.67 bits per heavy atom. The van der Waals surface area contributed by atoms with Gasteiger partial charge in [0.15, 0.2) is 5.82 Å². The van der Waals surface area contributed by atoms with Gasteiger partial charge in [0.2, 0.25) is 0 Å². The van der Waals surface area contributed by atoms with Crippen LogP contribution in [0.1, 0.15) is 17.5 Å². The van der Waals surface area contributed by atoms with E-state index in [1.807, 2.05) is 0 Å². The highest BCUT2D eigenvalue weighted by Crippen LogP contribution is 2.41. The van der Waals surface area contributed by atoms with Crippen molar-refractivity contribution in [3.05, 3.63) is 211 Å². The fraction of sp³-hybridized carbons (Fsp3) is 0.0182. The van der Waals surface area contributed by atoms with E-state index < -0.39 is 0 Å². The summed E-state index contributed by atoms with van der Waals surface area (Å²) in [5.74, 6) is 0.703. The molecule has 0 unspecified atom stereocenters. The summed E-state index contributed by atoms with van der Waals surface area (Å²) in [7, 11) is 0. The summed E-state index contributed by atoms with van der Waals surface area (Å²) in [4.78, 5) is 10.7. The van der Waals surface area contributed by atoms with Crippen LogP contribution in [0.2, 0.25) is 0 Å². The zero-order chi connectivity index (χ0) is 38.4. The van der Waals surface area contributed by atoms with E-state index in [1.54, 1.807) is 0 Å². The van der Waals surface area contributed by atoms with Crippen molar-refractivity contribution < 1.29 is 0 Å². The minimum Gasteiger partial charge on any atom is -0.309 e. The maximum atomic E-state index is 5.43. The smallest absolute Gasteiger partial charge is 0.161 e. The highest BCUT2D eigenvalue weighted by atomic mass is 15.0. The third kappa shape index (κ3) is 5.75. The summed E-state index contributed by atoms with van der Waals surface area (Å²) in [5.41, 5.74) is 15.6. The van der Waals surface area contributed by atoms with Gasteiger partial charge in [0, 0.05) is 33.2 Å². The van der Waals surface area contributed by atoms with Gasteiger partial charge in [-0.05, 0) is 93.0 Å². The number of hydrogen-bond acceptors (Lipinski definition) is 2. The highest BCUT2D eigenvalue weighted by Gasteiger charge is 2.20. The minimum atomic E-state index is 0.703. The van der Waals surface area contributed by atoms with Gasteiger partial charge in [0.1, 0.15) is 0 Å². The van der Waals surface area contributed by atoms with Crippen LogP contribution in [0.15, 0.2) is 200 Å². The molecule has 0 bridgehead atoms. The van der Waals surface area contributed by atoms with Crippen molar-refractivity contribution in [3.8, 4) is 61.8 Å². The summed E-state index contributed by atoms with van der Waals surface area (Å²) < 4.78 is 2.37. The molecule has 11 rings (SSSR count). The van der Waals surface area contributed by atoms with Gasteiger partial charge < -0.3 is 4.57 Å². The molecule has 0 fully saturated rings. The Balaban J connectivity index is 1.09. The van der Waals surface area contributed by atoms with Crippen molar-refractivity contribution >= 4 is 44.7 Å². The molecule has 0 spiro atoms. The third-order valence-corrected chi connectivity index (χ3v) is 11.4. The van der Waals surface area contributed by atoms with Gasteiger partial charge in [0.25, 0.3) is 0 Å². The van der Waals surface area contributed by atoms with Crippen molar-refractivity contribution in [1.82, 2.24) is 14.5 Å². The van der Waals surface area contributed by atoms with E-state index >= 15 is 0 Å². The van der Waals surface area contributed by atoms with Crippen LogP contribution in [0, 0.1) is 0 Å². The summed E-state index contributed by atoms with van der Waals surface area (Å²) in [6.45, 7) is 0. The average molecular weight is 740 g/mol. The molecule has 0 saturated heterocycles. The molecule has 0 atom stereocenters. The van der Waals surface area contributed by atoms with Crippen LogP contribution in [-0.4, -0.2) is 14.5 Å². The maximum Gasteiger partial charge on any atom is 0.161 e. The molecular weight excluding hydrogens is 703 g/mol. The van der Waals surface area contributed by atoms with Crippen LogP contribution < -0.4 is 0 Å². The van der Waals surface area contributed by atoms with Crippen LogP contribution >= 0.6 is 0 Å². The van der Waals surface area contributed by atoms with Crippen LogP contribution in [0.4, 0.5) is 0 Å². The number of para-hydroxylation sites is 2. The highest BCUT2D eigenvalue weighted by molar-refractivity contribution is 6.12. The molecule has 1 aliphatic rings. The quantitative estimate of drug-likeness (QED) is 0.170. The molecule has 3 heteroatoms. The van der Waals surface area contributed by atoms with Crippen LogP contribution in [0.25, 0.3) is 107 Å². The fourth-order valence-electron chi connectivity index (χ4n) is 8.74. The molecule has 2 aromatic heterocycles. The second-order valence-corrected chi connectivity index (χ2v) is 14.8. The zero-order valence-electron chi connectivity index (χ0n) is 31.8. The van der Waals surface area contributed by atoms with Crippen molar-refractivity contribution in [2.24, 2.45) is 0 Å². The SMILES string of the molecule is C1=Cc2c(-c3ccccc3)ccc(-c3cc(-c4ccccc4)nc(-c4ccc(-c5ccc6c(c5)c5ccccc5n6-c5ccccc5)c5ccccc45)n3)c2C=CC1. The van der Waals surface area contributed by atoms with Gasteiger partial charge in [-0.2, -0.15) is 0 Å². The van der Waals surface area contributed by atoms with E-state index in [2.05, 4.69) is 217 Å². The number of benzene rings is 8. The Morgan fingerprint density at radius 1 is 0.362 bits per heavy atom. The number of aromatic nitrogens is 3. The molecule has 3 nitrogen and oxygen atoms in total. The van der Waals surface area contributed by atoms with Crippen LogP contribution in [0.5, 0.6) is 0 Å². The van der Waals surface area contributed by atoms with Crippen molar-refractivity contribution in [3.63, 3.8) is 0 Å². The Kier molecular flexibility index (Phi) is 8.22. The standard InChI is InChI=1S/C55H37N3/c1-5-17-37(18-6-1)41-30-32-47(45-24-12-4-11-23-43(41)45)52-36-51(38-19-7-2-8-20-38)56-55(57-52)49-33-31-42(44-25-13-14-26-46(44)49)39-29-34-54-50(35-39)48-27-15-16-28-53(48)58(54)40-21-9-3-10-22-40/h1-3,5-36H,4H2. The lowest BCUT2D eigenvalue weighted by atomic mass is 9.90. The lowest BCUT2D eigenvalue weighted by molar-refractivity contribution is 1.18. The lowest BCUT2D eigenvalue weighted by Gasteiger charge is -2.17. The summed E-state index contributed by atoms with van der Waals surface area (Å²) >= 11 is 0. The van der Waals surface area contributed by atoms with E-state index in [4.69, 9.17) is 9.97 Å². The molecule has 272 valence electrons. The predicted octanol–water partition coefficient (Wildman–Crippen LogP) is 14.5. The first kappa shape index (κ1) is 33.7. The van der Waals surface area contributed by atoms with Crippen LogP contribution in [0.3, 0.4) is 0 Å². The molecule has 10 aromatic rings. The first-order valence-electron chi connectivity index (χ1n) is 19.9. The van der Waals surface area contributed by atoms with Gasteiger partial charge in [-0.25, -0.2) is 9.97 Å². The minimum absolute atomic E-state index is 0.703. The van der Waals surface area contributed by atoms with Crippen LogP contribution in [-0.2, 0) is 0 Å². The third-order valence-electron chi connectivity index (χ3n) is 11.4. The van der Waals surface area contributed by atoms with E-state index in [0.717, 1.165) is 51.0 Å². The molecule has 0 aliphatic heterocycles. The van der Waals surface area contributed by atoms with Gasteiger partial charge in [-0.1, -0.05) is 170 Å². The lowest BCUT2D eigenvalue weighted by Crippen LogP contribution is -1.99. The molecule has 1 aliphatic carbocycles. The fourth-order valence-corrected chi connectivity index (χ4v) is 8.74. The summed E-state index contributed by atoms with van der Waals surface area (Å²) in [5, 5.41) is 4.75. The topological polar surface area (TPSA) is 30.7 Å². The Labute approximate surface area is 337 Å². The number of allylic oxidation sites excluding steroid dienone is 2. The largest absolute Gasteiger partial charge is 0.309 e. The first-order valence-corrected chi connectivity index (χ1v) is 19.9. The van der Waals surface area contributed by atoms with E-state index in [-0.39, 0.29) is 0 Å². The number of hydrogen-bond donors (Lipinski definition) is 0. The molecule has 0 radical (unpaired) electrons. The predicted molar refractivity (Wildman–Crippen MR) is 244 cm³/mol. The number of rotatable bonds is 6. The molecule has 0 saturated carbocycles. The van der Waals surface area contributed by atoms with Crippen molar-refractivity contribution in [2.45, 2.75) is 6.42 Å². The van der Waals surface area contributed by atoms with E-state index in [1.165, 1.54) is 55.2 Å². The second kappa shape index (κ2) is 14.1. The maximum absolute atomic E-state index is 5.43. The summed E-state index contributed by atoms with van der Waals surface area (Å²) in [6, 6.07) is 67.1. The Bertz CT molecular complexity index is 3230. The molecule has 0 N–H and O–H groups in total. The van der Waals surface area contributed by atoms with E-state index in [9.17, 15) is 0 Å². The second-order valence-electron chi connectivity index (χ2n) is 14.8. The molecule has 8 aromatic carbocycles. The van der Waals surface area contributed by atoms with Gasteiger partial charge in [0.05, 0.1) is 22.4 Å². The zero-order valence-corrected chi connectivity index (χ0v) is 31.8. The summed E-state index contributed by atoms with van der Waals surface area (Å²) in [6.07, 6.45) is 9.90. The molecular formula is C55H37N3.